The molecule has 0 fully saturated rings. The largest absolute Gasteiger partial charge is 0.329 e. The van der Waals surface area contributed by atoms with Crippen molar-refractivity contribution in [2.24, 2.45) is 0 Å². The maximum Gasteiger partial charge on any atom is 0.258 e. The number of nitrogens with zero attached hydrogens (tertiary/aromatic N) is 1. The highest BCUT2D eigenvalue weighted by atomic mass is 16.2. The Balaban J connectivity index is 2.36. The second kappa shape index (κ2) is 5.10. The molecule has 4 heteroatoms. The number of nitrogens with one attached hydrogen (secondary N) is 1. The van der Waals surface area contributed by atoms with Crippen molar-refractivity contribution in [2.75, 3.05) is 11.9 Å². The van der Waals surface area contributed by atoms with Crippen LogP contribution in [0.15, 0.2) is 41.3 Å². The Morgan fingerprint density at radius 3 is 2.53 bits per heavy atom. The number of carbonyl (C=O) groups is 1. The van der Waals surface area contributed by atoms with Crippen molar-refractivity contribution in [1.82, 2.24) is 4.98 Å². The smallest absolute Gasteiger partial charge is 0.258 e. The van der Waals surface area contributed by atoms with Crippen LogP contribution in [-0.4, -0.2) is 17.9 Å². The lowest BCUT2D eigenvalue weighted by Gasteiger charge is -2.19. The first kappa shape index (κ1) is 13.1. The lowest BCUT2D eigenvalue weighted by Crippen LogP contribution is -2.28. The summed E-state index contributed by atoms with van der Waals surface area (Å²) in [5, 5.41) is 0. The molecule has 1 aromatic heterocycles. The number of aryl methyl sites for hydroxylation is 2. The quantitative estimate of drug-likeness (QED) is 0.896. The van der Waals surface area contributed by atoms with Gasteiger partial charge in [-0.15, -0.1) is 0 Å². The van der Waals surface area contributed by atoms with Gasteiger partial charge in [0.2, 0.25) is 5.56 Å². The van der Waals surface area contributed by atoms with Crippen molar-refractivity contribution in [3.8, 4) is 0 Å². The minimum absolute atomic E-state index is 0.196. The number of benzene rings is 1. The molecule has 0 spiro atoms. The number of H-pyrrole nitrogens is 1. The van der Waals surface area contributed by atoms with E-state index in [1.54, 1.807) is 18.0 Å². The molecule has 0 bridgehead atoms. The van der Waals surface area contributed by atoms with Crippen LogP contribution >= 0.6 is 0 Å². The highest BCUT2D eigenvalue weighted by molar-refractivity contribution is 6.06. The maximum absolute atomic E-state index is 12.3. The first-order chi connectivity index (χ1) is 8.99. The lowest BCUT2D eigenvalue weighted by atomic mass is 10.1. The summed E-state index contributed by atoms with van der Waals surface area (Å²) < 4.78 is 0. The topological polar surface area (TPSA) is 53.2 Å². The Bertz CT molecular complexity index is 674. The van der Waals surface area contributed by atoms with Gasteiger partial charge in [-0.1, -0.05) is 17.7 Å². The molecule has 0 saturated carbocycles. The number of hydrogen-bond donors (Lipinski definition) is 1. The predicted octanol–water partition coefficient (Wildman–Crippen LogP) is 2.27. The number of aromatic amines is 1. The van der Waals surface area contributed by atoms with Gasteiger partial charge in [-0.25, -0.2) is 0 Å². The van der Waals surface area contributed by atoms with E-state index in [1.165, 1.54) is 12.3 Å². The highest BCUT2D eigenvalue weighted by Gasteiger charge is 2.15. The molecule has 2 rings (SSSR count). The zero-order chi connectivity index (χ0) is 14.0. The second-order valence-corrected chi connectivity index (χ2v) is 4.60. The minimum atomic E-state index is -0.278. The molecule has 0 aliphatic heterocycles. The van der Waals surface area contributed by atoms with Crippen molar-refractivity contribution in [1.29, 1.82) is 0 Å². The molecule has 2 aromatic rings. The number of amides is 1. The summed E-state index contributed by atoms with van der Waals surface area (Å²) in [6.45, 7) is 3.97. The van der Waals surface area contributed by atoms with Crippen molar-refractivity contribution in [3.63, 3.8) is 0 Å². The summed E-state index contributed by atoms with van der Waals surface area (Å²) in [6.07, 6.45) is 1.48. The van der Waals surface area contributed by atoms with E-state index in [1.807, 2.05) is 32.0 Å². The van der Waals surface area contributed by atoms with Gasteiger partial charge in [0, 0.05) is 30.6 Å². The molecule has 0 radical (unpaired) electrons. The third-order valence-corrected chi connectivity index (χ3v) is 3.04. The van der Waals surface area contributed by atoms with Crippen LogP contribution < -0.4 is 10.5 Å². The molecule has 1 N–H and O–H groups in total. The van der Waals surface area contributed by atoms with Gasteiger partial charge in [-0.3, -0.25) is 9.59 Å². The molecule has 1 aromatic carbocycles. The monoisotopic (exact) mass is 256 g/mol. The van der Waals surface area contributed by atoms with Crippen LogP contribution in [0.5, 0.6) is 0 Å². The van der Waals surface area contributed by atoms with Gasteiger partial charge in [-0.05, 0) is 31.5 Å². The van der Waals surface area contributed by atoms with Crippen LogP contribution in [0.25, 0.3) is 0 Å². The summed E-state index contributed by atoms with van der Waals surface area (Å²) in [7, 11) is 1.71. The fourth-order valence-corrected chi connectivity index (χ4v) is 2.06. The van der Waals surface area contributed by atoms with Gasteiger partial charge in [-0.2, -0.15) is 0 Å². The average molecular weight is 256 g/mol. The third kappa shape index (κ3) is 2.73. The van der Waals surface area contributed by atoms with E-state index in [0.29, 0.717) is 5.56 Å². The summed E-state index contributed by atoms with van der Waals surface area (Å²) in [4.78, 5) is 27.6. The number of hydrogen-bond acceptors (Lipinski definition) is 2. The molecule has 0 saturated heterocycles. The molecule has 1 heterocycles. The number of carbonyl (C=O) groups excluding carboxylic acids is 1. The molecule has 0 unspecified atom stereocenters. The van der Waals surface area contributed by atoms with E-state index >= 15 is 0 Å². The van der Waals surface area contributed by atoms with Crippen LogP contribution in [-0.2, 0) is 0 Å². The molecule has 0 aliphatic carbocycles. The van der Waals surface area contributed by atoms with Crippen LogP contribution in [0.1, 0.15) is 21.5 Å². The maximum atomic E-state index is 12.3. The minimum Gasteiger partial charge on any atom is -0.329 e. The zero-order valence-electron chi connectivity index (χ0n) is 11.2. The molecule has 0 atom stereocenters. The van der Waals surface area contributed by atoms with Crippen molar-refractivity contribution < 1.29 is 4.79 Å². The van der Waals surface area contributed by atoms with Crippen LogP contribution in [0.4, 0.5) is 5.69 Å². The van der Waals surface area contributed by atoms with E-state index in [2.05, 4.69) is 4.98 Å². The average Bonchev–Trinajstić information content (AvgIpc) is 2.37. The van der Waals surface area contributed by atoms with E-state index in [4.69, 9.17) is 0 Å². The fraction of sp³-hybridized carbons (Fsp3) is 0.200. The normalized spacial score (nSPS) is 10.3. The van der Waals surface area contributed by atoms with Gasteiger partial charge in [0.15, 0.2) is 0 Å². The fourth-order valence-electron chi connectivity index (χ4n) is 2.06. The molecular weight excluding hydrogens is 240 g/mol. The SMILES string of the molecule is Cc1ccc(N(C)C(=O)c2cc[nH]c(=O)c2)c(C)c1. The standard InChI is InChI=1S/C15H16N2O2/c1-10-4-5-13(11(2)8-10)17(3)15(19)12-6-7-16-14(18)9-12/h4-9H,1-3H3,(H,16,18). The molecule has 4 nitrogen and oxygen atoms in total. The van der Waals surface area contributed by atoms with E-state index in [-0.39, 0.29) is 11.5 Å². The van der Waals surface area contributed by atoms with Crippen molar-refractivity contribution in [2.45, 2.75) is 13.8 Å². The lowest BCUT2D eigenvalue weighted by molar-refractivity contribution is 0.0992. The van der Waals surface area contributed by atoms with Gasteiger partial charge >= 0.3 is 0 Å². The summed E-state index contributed by atoms with van der Waals surface area (Å²) in [5.74, 6) is -0.196. The summed E-state index contributed by atoms with van der Waals surface area (Å²) >= 11 is 0. The molecule has 98 valence electrons. The van der Waals surface area contributed by atoms with Gasteiger partial charge in [0.05, 0.1) is 0 Å². The zero-order valence-corrected chi connectivity index (χ0v) is 11.2. The van der Waals surface area contributed by atoms with E-state index < -0.39 is 0 Å². The Morgan fingerprint density at radius 2 is 1.89 bits per heavy atom. The van der Waals surface area contributed by atoms with Crippen molar-refractivity contribution >= 4 is 11.6 Å². The summed E-state index contributed by atoms with van der Waals surface area (Å²) in [5.41, 5.74) is 3.13. The van der Waals surface area contributed by atoms with Crippen LogP contribution in [0.2, 0.25) is 0 Å². The van der Waals surface area contributed by atoms with Gasteiger partial charge in [0.25, 0.3) is 5.91 Å². The van der Waals surface area contributed by atoms with Crippen LogP contribution in [0.3, 0.4) is 0 Å². The van der Waals surface area contributed by atoms with Gasteiger partial charge < -0.3 is 9.88 Å². The first-order valence-corrected chi connectivity index (χ1v) is 6.03. The Kier molecular flexibility index (Phi) is 3.51. The van der Waals surface area contributed by atoms with E-state index in [9.17, 15) is 9.59 Å². The molecule has 1 amide bonds. The van der Waals surface area contributed by atoms with Crippen LogP contribution in [0, 0.1) is 13.8 Å². The number of pyridine rings is 1. The summed E-state index contributed by atoms with van der Waals surface area (Å²) in [6, 6.07) is 8.81. The Morgan fingerprint density at radius 1 is 1.16 bits per heavy atom. The third-order valence-electron chi connectivity index (χ3n) is 3.04. The van der Waals surface area contributed by atoms with Crippen molar-refractivity contribution in [3.05, 3.63) is 63.6 Å². The number of anilines is 1. The highest BCUT2D eigenvalue weighted by Crippen LogP contribution is 2.21. The molecular formula is C15H16N2O2. The van der Waals surface area contributed by atoms with Gasteiger partial charge in [0.1, 0.15) is 0 Å². The molecule has 0 aliphatic rings. The number of rotatable bonds is 2. The van der Waals surface area contributed by atoms with E-state index in [0.717, 1.165) is 16.8 Å². The predicted molar refractivity (Wildman–Crippen MR) is 75.7 cm³/mol. The Hall–Kier alpha value is -2.36. The Labute approximate surface area is 111 Å². The molecule has 19 heavy (non-hydrogen) atoms. The second-order valence-electron chi connectivity index (χ2n) is 4.60. The first-order valence-electron chi connectivity index (χ1n) is 6.03. The number of aromatic nitrogens is 1.